The van der Waals surface area contributed by atoms with Crippen LogP contribution in [0.25, 0.3) is 0 Å². The number of nitrogen functional groups attached to an aromatic ring is 1. The van der Waals surface area contributed by atoms with Crippen LogP contribution in [0.2, 0.25) is 0 Å². The van der Waals surface area contributed by atoms with E-state index in [1.807, 2.05) is 37.3 Å². The second-order valence-corrected chi connectivity index (χ2v) is 5.93. The van der Waals surface area contributed by atoms with E-state index in [0.29, 0.717) is 5.92 Å². The van der Waals surface area contributed by atoms with E-state index < -0.39 is 0 Å². The SMILES string of the molecule is Cc1cc(N)cc(Oc2ccc(Br)cc2C(C)C)c1. The van der Waals surface area contributed by atoms with Crippen LogP contribution in [0, 0.1) is 6.92 Å². The Morgan fingerprint density at radius 1 is 1.11 bits per heavy atom. The van der Waals surface area contributed by atoms with Gasteiger partial charge < -0.3 is 10.5 Å². The predicted molar refractivity (Wildman–Crippen MR) is 83.9 cm³/mol. The lowest BCUT2D eigenvalue weighted by atomic mass is 10.0. The van der Waals surface area contributed by atoms with Crippen LogP contribution < -0.4 is 10.5 Å². The topological polar surface area (TPSA) is 35.2 Å². The zero-order chi connectivity index (χ0) is 14.0. The van der Waals surface area contributed by atoms with Gasteiger partial charge in [0.15, 0.2) is 0 Å². The van der Waals surface area contributed by atoms with Crippen LogP contribution in [0.15, 0.2) is 40.9 Å². The summed E-state index contributed by atoms with van der Waals surface area (Å²) in [6.45, 7) is 6.31. The smallest absolute Gasteiger partial charge is 0.130 e. The van der Waals surface area contributed by atoms with Crippen LogP contribution >= 0.6 is 15.9 Å². The van der Waals surface area contributed by atoms with E-state index in [4.69, 9.17) is 10.5 Å². The number of nitrogens with two attached hydrogens (primary N) is 1. The molecule has 2 N–H and O–H groups in total. The number of aryl methyl sites for hydroxylation is 1. The summed E-state index contributed by atoms with van der Waals surface area (Å²) < 4.78 is 7.05. The molecular weight excluding hydrogens is 302 g/mol. The maximum atomic E-state index is 5.99. The highest BCUT2D eigenvalue weighted by Crippen LogP contribution is 2.33. The van der Waals surface area contributed by atoms with Crippen molar-refractivity contribution in [1.82, 2.24) is 0 Å². The van der Waals surface area contributed by atoms with Crippen molar-refractivity contribution in [2.24, 2.45) is 0 Å². The molecule has 100 valence electrons. The fraction of sp³-hybridized carbons (Fsp3) is 0.250. The molecule has 0 aromatic heterocycles. The number of ether oxygens (including phenoxy) is 1. The maximum Gasteiger partial charge on any atom is 0.130 e. The van der Waals surface area contributed by atoms with Crippen molar-refractivity contribution >= 4 is 21.6 Å². The summed E-state index contributed by atoms with van der Waals surface area (Å²) in [7, 11) is 0. The van der Waals surface area contributed by atoms with Crippen LogP contribution in [-0.2, 0) is 0 Å². The molecule has 2 nitrogen and oxygen atoms in total. The number of rotatable bonds is 3. The van der Waals surface area contributed by atoms with Gasteiger partial charge in [0.2, 0.25) is 0 Å². The Labute approximate surface area is 122 Å². The summed E-state index contributed by atoms with van der Waals surface area (Å²) in [6, 6.07) is 11.8. The molecule has 0 atom stereocenters. The Morgan fingerprint density at radius 2 is 1.84 bits per heavy atom. The molecule has 0 heterocycles. The molecule has 19 heavy (non-hydrogen) atoms. The second kappa shape index (κ2) is 5.66. The van der Waals surface area contributed by atoms with Gasteiger partial charge in [-0.05, 0) is 54.3 Å². The van der Waals surface area contributed by atoms with E-state index in [9.17, 15) is 0 Å². The van der Waals surface area contributed by atoms with Gasteiger partial charge in [-0.2, -0.15) is 0 Å². The molecule has 3 heteroatoms. The average Bonchev–Trinajstić information content (AvgIpc) is 2.30. The lowest BCUT2D eigenvalue weighted by molar-refractivity contribution is 0.473. The van der Waals surface area contributed by atoms with Gasteiger partial charge in [0, 0.05) is 16.2 Å². The minimum atomic E-state index is 0.398. The Balaban J connectivity index is 2.37. The van der Waals surface area contributed by atoms with Crippen molar-refractivity contribution in [2.75, 3.05) is 5.73 Å². The monoisotopic (exact) mass is 319 g/mol. The minimum Gasteiger partial charge on any atom is -0.457 e. The van der Waals surface area contributed by atoms with Crippen molar-refractivity contribution in [3.05, 3.63) is 52.0 Å². The minimum absolute atomic E-state index is 0.398. The Morgan fingerprint density at radius 3 is 2.47 bits per heavy atom. The van der Waals surface area contributed by atoms with Crippen LogP contribution in [0.1, 0.15) is 30.9 Å². The van der Waals surface area contributed by atoms with E-state index in [0.717, 1.165) is 27.2 Å². The molecule has 0 bridgehead atoms. The summed E-state index contributed by atoms with van der Waals surface area (Å²) >= 11 is 3.50. The normalized spacial score (nSPS) is 10.8. The summed E-state index contributed by atoms with van der Waals surface area (Å²) in [5.41, 5.74) is 8.84. The van der Waals surface area contributed by atoms with Crippen LogP contribution in [-0.4, -0.2) is 0 Å². The van der Waals surface area contributed by atoms with Crippen molar-refractivity contribution in [2.45, 2.75) is 26.7 Å². The van der Waals surface area contributed by atoms with Gasteiger partial charge in [-0.15, -0.1) is 0 Å². The summed E-state index contributed by atoms with van der Waals surface area (Å²) in [6.07, 6.45) is 0. The number of halogens is 1. The van der Waals surface area contributed by atoms with Gasteiger partial charge in [-0.3, -0.25) is 0 Å². The number of hydrogen-bond donors (Lipinski definition) is 1. The van der Waals surface area contributed by atoms with Gasteiger partial charge in [0.25, 0.3) is 0 Å². The van der Waals surface area contributed by atoms with E-state index in [-0.39, 0.29) is 0 Å². The third kappa shape index (κ3) is 3.51. The molecular formula is C16H18BrNO. The first kappa shape index (κ1) is 13.9. The van der Waals surface area contributed by atoms with Crippen LogP contribution in [0.4, 0.5) is 5.69 Å². The molecule has 0 saturated heterocycles. The molecule has 0 fully saturated rings. The first-order valence-electron chi connectivity index (χ1n) is 6.30. The highest BCUT2D eigenvalue weighted by Gasteiger charge is 2.10. The lowest BCUT2D eigenvalue weighted by Gasteiger charge is -2.15. The molecule has 2 rings (SSSR count). The van der Waals surface area contributed by atoms with Gasteiger partial charge >= 0.3 is 0 Å². The third-order valence-corrected chi connectivity index (χ3v) is 3.39. The highest BCUT2D eigenvalue weighted by molar-refractivity contribution is 9.10. The van der Waals surface area contributed by atoms with Gasteiger partial charge in [0.1, 0.15) is 11.5 Å². The first-order chi connectivity index (χ1) is 8.95. The van der Waals surface area contributed by atoms with Crippen molar-refractivity contribution in [1.29, 1.82) is 0 Å². The number of anilines is 1. The van der Waals surface area contributed by atoms with Gasteiger partial charge in [-0.25, -0.2) is 0 Å². The molecule has 0 aliphatic rings. The quantitative estimate of drug-likeness (QED) is 0.783. The highest BCUT2D eigenvalue weighted by atomic mass is 79.9. The zero-order valence-electron chi connectivity index (χ0n) is 11.4. The lowest BCUT2D eigenvalue weighted by Crippen LogP contribution is -1.95. The molecule has 0 amide bonds. The predicted octanol–water partition coefficient (Wildman–Crippen LogP) is 5.26. The Hall–Kier alpha value is -1.48. The Bertz CT molecular complexity index is 573. The zero-order valence-corrected chi connectivity index (χ0v) is 13.0. The number of benzene rings is 2. The third-order valence-electron chi connectivity index (χ3n) is 2.89. The largest absolute Gasteiger partial charge is 0.457 e. The van der Waals surface area contributed by atoms with E-state index in [1.165, 1.54) is 5.56 Å². The van der Waals surface area contributed by atoms with Crippen molar-refractivity contribution in [3.63, 3.8) is 0 Å². The summed E-state index contributed by atoms with van der Waals surface area (Å²) in [4.78, 5) is 0. The molecule has 2 aromatic rings. The average molecular weight is 320 g/mol. The summed E-state index contributed by atoms with van der Waals surface area (Å²) in [5, 5.41) is 0. The second-order valence-electron chi connectivity index (χ2n) is 5.02. The summed E-state index contributed by atoms with van der Waals surface area (Å²) in [5.74, 6) is 2.06. The van der Waals surface area contributed by atoms with E-state index in [1.54, 1.807) is 0 Å². The fourth-order valence-electron chi connectivity index (χ4n) is 2.03. The Kier molecular flexibility index (Phi) is 4.15. The molecule has 0 radical (unpaired) electrons. The van der Waals surface area contributed by atoms with E-state index in [2.05, 4.69) is 35.8 Å². The molecule has 0 unspecified atom stereocenters. The standard InChI is InChI=1S/C16H18BrNO/c1-10(2)15-8-12(17)4-5-16(15)19-14-7-11(3)6-13(18)9-14/h4-10H,18H2,1-3H3. The van der Waals surface area contributed by atoms with Gasteiger partial charge in [-0.1, -0.05) is 29.8 Å². The molecule has 0 aliphatic carbocycles. The van der Waals surface area contributed by atoms with Crippen LogP contribution in [0.3, 0.4) is 0 Å². The molecule has 0 saturated carbocycles. The fourth-order valence-corrected chi connectivity index (χ4v) is 2.40. The molecule has 2 aromatic carbocycles. The van der Waals surface area contributed by atoms with Crippen LogP contribution in [0.5, 0.6) is 11.5 Å². The molecule has 0 aliphatic heterocycles. The molecule has 0 spiro atoms. The van der Waals surface area contributed by atoms with Crippen molar-refractivity contribution in [3.8, 4) is 11.5 Å². The van der Waals surface area contributed by atoms with E-state index >= 15 is 0 Å². The van der Waals surface area contributed by atoms with Gasteiger partial charge in [0.05, 0.1) is 0 Å². The number of hydrogen-bond acceptors (Lipinski definition) is 2. The first-order valence-corrected chi connectivity index (χ1v) is 7.09. The van der Waals surface area contributed by atoms with Crippen molar-refractivity contribution < 1.29 is 4.74 Å². The maximum absolute atomic E-state index is 5.99.